The third-order valence-electron chi connectivity index (χ3n) is 5.24. The van der Waals surface area contributed by atoms with Crippen LogP contribution in [-0.2, 0) is 4.79 Å². The predicted molar refractivity (Wildman–Crippen MR) is 145 cm³/mol. The molecule has 36 heavy (non-hydrogen) atoms. The topological polar surface area (TPSA) is 89.9 Å². The Kier molecular flexibility index (Phi) is 7.49. The van der Waals surface area contributed by atoms with Gasteiger partial charge in [-0.2, -0.15) is 0 Å². The second kappa shape index (κ2) is 11.3. The first-order valence-electron chi connectivity index (χ1n) is 11.5. The van der Waals surface area contributed by atoms with Crippen LogP contribution in [0.1, 0.15) is 13.3 Å². The van der Waals surface area contributed by atoms with Gasteiger partial charge in [-0.1, -0.05) is 83.8 Å². The van der Waals surface area contributed by atoms with Crippen LogP contribution >= 0.6 is 23.1 Å². The van der Waals surface area contributed by atoms with E-state index in [0.29, 0.717) is 29.1 Å². The highest BCUT2D eigenvalue weighted by molar-refractivity contribution is 7.99. The first-order chi connectivity index (χ1) is 17.7. The molecular weight excluding hydrogens is 490 g/mol. The highest BCUT2D eigenvalue weighted by atomic mass is 32.2. The molecule has 1 N–H and O–H groups in total. The van der Waals surface area contributed by atoms with Crippen LogP contribution in [0.3, 0.4) is 0 Å². The molecule has 0 saturated carbocycles. The number of rotatable bonds is 9. The van der Waals surface area contributed by atoms with E-state index in [1.54, 1.807) is 0 Å². The number of anilines is 1. The number of carbonyl (C=O) groups excluding carboxylic acids is 1. The normalized spacial score (nSPS) is 10.9. The largest absolute Gasteiger partial charge is 0.494 e. The van der Waals surface area contributed by atoms with Gasteiger partial charge in [0.2, 0.25) is 11.1 Å². The van der Waals surface area contributed by atoms with Gasteiger partial charge in [0.1, 0.15) is 17.1 Å². The summed E-state index contributed by atoms with van der Waals surface area (Å²) in [7, 11) is 0. The Hall–Kier alpha value is -3.82. The average Bonchev–Trinajstić information content (AvgIpc) is 3.31. The summed E-state index contributed by atoms with van der Waals surface area (Å²) < 4.78 is 6.51. The van der Waals surface area contributed by atoms with Crippen molar-refractivity contribution in [1.82, 2.24) is 20.2 Å². The molecule has 0 atom stereocenters. The van der Waals surface area contributed by atoms with E-state index in [-0.39, 0.29) is 5.91 Å². The van der Waals surface area contributed by atoms with Crippen LogP contribution in [0.25, 0.3) is 32.7 Å². The number of thiazole rings is 1. The number of ether oxygens (including phenoxy) is 1. The van der Waals surface area contributed by atoms with Crippen molar-refractivity contribution in [1.29, 1.82) is 0 Å². The van der Waals surface area contributed by atoms with E-state index < -0.39 is 0 Å². The number of fused-ring (bicyclic) bond motifs is 1. The summed E-state index contributed by atoms with van der Waals surface area (Å²) in [5.74, 6) is 1.21. The molecular formula is C27H23N5O2S2. The Bertz CT molecular complexity index is 1480. The van der Waals surface area contributed by atoms with Gasteiger partial charge in [0.25, 0.3) is 0 Å². The molecule has 0 bridgehead atoms. The van der Waals surface area contributed by atoms with Crippen molar-refractivity contribution in [3.8, 4) is 28.3 Å². The second-order valence-electron chi connectivity index (χ2n) is 7.75. The lowest BCUT2D eigenvalue weighted by Crippen LogP contribution is -2.12. The summed E-state index contributed by atoms with van der Waals surface area (Å²) in [5, 5.41) is 12.8. The van der Waals surface area contributed by atoms with E-state index in [0.717, 1.165) is 38.5 Å². The molecule has 2 aromatic heterocycles. The van der Waals surface area contributed by atoms with Gasteiger partial charge in [-0.25, -0.2) is 9.97 Å². The fraction of sp³-hybridized carbons (Fsp3) is 0.148. The van der Waals surface area contributed by atoms with Gasteiger partial charge in [0, 0.05) is 23.3 Å². The molecule has 0 aliphatic heterocycles. The zero-order valence-corrected chi connectivity index (χ0v) is 21.2. The lowest BCUT2D eigenvalue weighted by Gasteiger charge is -2.09. The van der Waals surface area contributed by atoms with Crippen LogP contribution in [-0.4, -0.2) is 38.4 Å². The maximum absolute atomic E-state index is 12.5. The maximum atomic E-state index is 12.5. The number of nitrogens with one attached hydrogen (secondary N) is 1. The van der Waals surface area contributed by atoms with Crippen LogP contribution in [0.2, 0.25) is 0 Å². The minimum atomic E-state index is -0.108. The summed E-state index contributed by atoms with van der Waals surface area (Å²) >= 11 is 2.84. The van der Waals surface area contributed by atoms with Crippen molar-refractivity contribution >= 4 is 44.4 Å². The number of hydrogen-bond donors (Lipinski definition) is 1. The summed E-state index contributed by atoms with van der Waals surface area (Å²) in [6.07, 6.45) is 0.301. The van der Waals surface area contributed by atoms with E-state index in [9.17, 15) is 4.79 Å². The van der Waals surface area contributed by atoms with Crippen LogP contribution in [0.15, 0.2) is 84.0 Å². The first kappa shape index (κ1) is 23.9. The van der Waals surface area contributed by atoms with Gasteiger partial charge in [0.05, 0.1) is 16.8 Å². The summed E-state index contributed by atoms with van der Waals surface area (Å²) in [4.78, 5) is 21.8. The van der Waals surface area contributed by atoms with Crippen molar-refractivity contribution in [2.24, 2.45) is 0 Å². The SMILES string of the molecule is CCOc1ccc2nc(NC(=O)CCSc3nnc(-c4ccccc4)c(-c4ccccc4)n3)sc2c1. The van der Waals surface area contributed by atoms with E-state index in [1.807, 2.05) is 85.8 Å². The second-order valence-corrected chi connectivity index (χ2v) is 9.84. The first-order valence-corrected chi connectivity index (χ1v) is 13.3. The van der Waals surface area contributed by atoms with Crippen LogP contribution < -0.4 is 10.1 Å². The fourth-order valence-corrected chi connectivity index (χ4v) is 5.23. The highest BCUT2D eigenvalue weighted by Crippen LogP contribution is 2.31. The predicted octanol–water partition coefficient (Wildman–Crippen LogP) is 6.33. The number of aromatic nitrogens is 4. The quantitative estimate of drug-likeness (QED) is 0.230. The molecule has 5 rings (SSSR count). The molecule has 0 aliphatic carbocycles. The molecule has 9 heteroatoms. The van der Waals surface area contributed by atoms with Crippen molar-refractivity contribution in [3.63, 3.8) is 0 Å². The van der Waals surface area contributed by atoms with Gasteiger partial charge in [-0.05, 0) is 25.1 Å². The molecule has 7 nitrogen and oxygen atoms in total. The molecule has 0 radical (unpaired) electrons. The molecule has 3 aromatic carbocycles. The molecule has 5 aromatic rings. The molecule has 0 unspecified atom stereocenters. The minimum Gasteiger partial charge on any atom is -0.494 e. The molecule has 1 amide bonds. The van der Waals surface area contributed by atoms with Crippen LogP contribution in [0, 0.1) is 0 Å². The number of nitrogens with zero attached hydrogens (tertiary/aromatic N) is 4. The fourth-order valence-electron chi connectivity index (χ4n) is 3.59. The smallest absolute Gasteiger partial charge is 0.226 e. The zero-order valence-electron chi connectivity index (χ0n) is 19.5. The Balaban J connectivity index is 1.25. The van der Waals surface area contributed by atoms with Gasteiger partial charge < -0.3 is 10.1 Å². The Labute approximate surface area is 217 Å². The summed E-state index contributed by atoms with van der Waals surface area (Å²) in [5.41, 5.74) is 4.25. The third-order valence-corrected chi connectivity index (χ3v) is 7.01. The highest BCUT2D eigenvalue weighted by Gasteiger charge is 2.14. The minimum absolute atomic E-state index is 0.108. The van der Waals surface area contributed by atoms with Crippen molar-refractivity contribution in [2.75, 3.05) is 17.7 Å². The average molecular weight is 514 g/mol. The molecule has 0 spiro atoms. The molecule has 2 heterocycles. The number of thioether (sulfide) groups is 1. The molecule has 0 saturated heterocycles. The number of hydrogen-bond acceptors (Lipinski definition) is 8. The van der Waals surface area contributed by atoms with Crippen LogP contribution in [0.5, 0.6) is 5.75 Å². The Morgan fingerprint density at radius 3 is 2.36 bits per heavy atom. The van der Waals surface area contributed by atoms with E-state index >= 15 is 0 Å². The van der Waals surface area contributed by atoms with Crippen LogP contribution in [0.4, 0.5) is 5.13 Å². The van der Waals surface area contributed by atoms with Crippen molar-refractivity contribution in [3.05, 3.63) is 78.9 Å². The Morgan fingerprint density at radius 2 is 1.64 bits per heavy atom. The van der Waals surface area contributed by atoms with Gasteiger partial charge in [0.15, 0.2) is 5.13 Å². The van der Waals surface area contributed by atoms with Crippen molar-refractivity contribution in [2.45, 2.75) is 18.5 Å². The standard InChI is InChI=1S/C27H23N5O2S2/c1-2-34-20-13-14-21-22(17-20)36-26(28-21)29-23(33)15-16-35-27-30-24(18-9-5-3-6-10-18)25(31-32-27)19-11-7-4-8-12-19/h3-14,17H,2,15-16H2,1H3,(H,28,29,33). The van der Waals surface area contributed by atoms with Crippen molar-refractivity contribution < 1.29 is 9.53 Å². The Morgan fingerprint density at radius 1 is 0.917 bits per heavy atom. The lowest BCUT2D eigenvalue weighted by molar-refractivity contribution is -0.115. The summed E-state index contributed by atoms with van der Waals surface area (Å²) in [6, 6.07) is 25.6. The van der Waals surface area contributed by atoms with Gasteiger partial charge in [-0.3, -0.25) is 4.79 Å². The number of carbonyl (C=O) groups is 1. The number of amides is 1. The zero-order chi connectivity index (χ0) is 24.7. The maximum Gasteiger partial charge on any atom is 0.226 e. The van der Waals surface area contributed by atoms with E-state index in [2.05, 4.69) is 20.5 Å². The van der Waals surface area contributed by atoms with E-state index in [1.165, 1.54) is 23.1 Å². The molecule has 180 valence electrons. The van der Waals surface area contributed by atoms with E-state index in [4.69, 9.17) is 9.72 Å². The molecule has 0 fully saturated rings. The molecule has 0 aliphatic rings. The number of benzene rings is 3. The van der Waals surface area contributed by atoms with Gasteiger partial charge >= 0.3 is 0 Å². The third kappa shape index (κ3) is 5.69. The lowest BCUT2D eigenvalue weighted by atomic mass is 10.0. The monoisotopic (exact) mass is 513 g/mol. The summed E-state index contributed by atoms with van der Waals surface area (Å²) in [6.45, 7) is 2.55. The van der Waals surface area contributed by atoms with Gasteiger partial charge in [-0.15, -0.1) is 10.2 Å².